The van der Waals surface area contributed by atoms with Crippen LogP contribution in [0.3, 0.4) is 0 Å². The average molecular weight is 480 g/mol. The first-order valence-electron chi connectivity index (χ1n) is 14.1. The molecule has 2 aromatic rings. The highest BCUT2D eigenvalue weighted by molar-refractivity contribution is 5.47. The Bertz CT molecular complexity index is 941. The molecule has 3 heteroatoms. The van der Waals surface area contributed by atoms with Crippen molar-refractivity contribution < 1.29 is 9.84 Å². The third kappa shape index (κ3) is 6.68. The second kappa shape index (κ2) is 12.4. The summed E-state index contributed by atoms with van der Waals surface area (Å²) in [6.45, 7) is 11.1. The van der Waals surface area contributed by atoms with Gasteiger partial charge in [-0.3, -0.25) is 5.73 Å². The van der Waals surface area contributed by atoms with Crippen molar-refractivity contribution >= 4 is 0 Å². The molecule has 0 aliphatic heterocycles. The largest absolute Gasteiger partial charge is 0.475 e. The molecule has 3 N–H and O–H groups in total. The molecule has 0 bridgehead atoms. The molecule has 3 rings (SSSR count). The zero-order valence-corrected chi connectivity index (χ0v) is 23.0. The van der Waals surface area contributed by atoms with Gasteiger partial charge in [0.2, 0.25) is 0 Å². The lowest BCUT2D eigenvalue weighted by Gasteiger charge is -2.35. The van der Waals surface area contributed by atoms with Crippen LogP contribution in [0, 0.1) is 13.8 Å². The summed E-state index contributed by atoms with van der Waals surface area (Å²) in [5.41, 5.74) is 12.3. The number of benzene rings is 2. The molecule has 194 valence electrons. The van der Waals surface area contributed by atoms with Crippen LogP contribution >= 0.6 is 0 Å². The fourth-order valence-corrected chi connectivity index (χ4v) is 6.04. The molecule has 0 saturated heterocycles. The molecule has 1 unspecified atom stereocenters. The number of hydrogen-bond acceptors (Lipinski definition) is 3. The maximum Gasteiger partial charge on any atom is 0.147 e. The second-order valence-corrected chi connectivity index (χ2v) is 11.0. The van der Waals surface area contributed by atoms with Gasteiger partial charge in [0.05, 0.1) is 5.60 Å². The van der Waals surface area contributed by atoms with Gasteiger partial charge in [0, 0.05) is 5.41 Å². The van der Waals surface area contributed by atoms with Crippen molar-refractivity contribution in [1.82, 2.24) is 0 Å². The zero-order valence-electron chi connectivity index (χ0n) is 23.0. The monoisotopic (exact) mass is 479 g/mol. The SMILES string of the molecule is CCCCC(N)Oc1ccc(C(CC)(CC)c2ccc(CCC3(O)CCCCC3)c(C)c2)cc1C. The van der Waals surface area contributed by atoms with E-state index >= 15 is 0 Å². The number of hydrogen-bond donors (Lipinski definition) is 2. The minimum Gasteiger partial charge on any atom is -0.475 e. The van der Waals surface area contributed by atoms with Gasteiger partial charge in [-0.25, -0.2) is 0 Å². The van der Waals surface area contributed by atoms with Gasteiger partial charge in [0.25, 0.3) is 0 Å². The number of ether oxygens (including phenoxy) is 1. The first-order valence-corrected chi connectivity index (χ1v) is 14.1. The van der Waals surface area contributed by atoms with Crippen LogP contribution in [-0.2, 0) is 11.8 Å². The van der Waals surface area contributed by atoms with E-state index in [4.69, 9.17) is 10.5 Å². The van der Waals surface area contributed by atoms with Gasteiger partial charge in [-0.1, -0.05) is 76.8 Å². The predicted octanol–water partition coefficient (Wildman–Crippen LogP) is 7.89. The highest BCUT2D eigenvalue weighted by Gasteiger charge is 2.32. The summed E-state index contributed by atoms with van der Waals surface area (Å²) >= 11 is 0. The highest BCUT2D eigenvalue weighted by atomic mass is 16.5. The molecule has 0 spiro atoms. The summed E-state index contributed by atoms with van der Waals surface area (Å²) in [5, 5.41) is 11.0. The lowest BCUT2D eigenvalue weighted by molar-refractivity contribution is -0.00344. The van der Waals surface area contributed by atoms with Crippen molar-refractivity contribution in [3.8, 4) is 5.75 Å². The van der Waals surface area contributed by atoms with Crippen molar-refractivity contribution in [2.45, 2.75) is 129 Å². The molecule has 1 aliphatic carbocycles. The van der Waals surface area contributed by atoms with Gasteiger partial charge in [-0.2, -0.15) is 0 Å². The van der Waals surface area contributed by atoms with Gasteiger partial charge in [-0.15, -0.1) is 0 Å². The molecule has 0 amide bonds. The maximum absolute atomic E-state index is 11.0. The molecule has 3 nitrogen and oxygen atoms in total. The molecule has 1 saturated carbocycles. The van der Waals surface area contributed by atoms with Crippen molar-refractivity contribution in [3.05, 3.63) is 64.2 Å². The van der Waals surface area contributed by atoms with Crippen molar-refractivity contribution in [1.29, 1.82) is 0 Å². The number of aliphatic hydroxyl groups is 1. The van der Waals surface area contributed by atoms with Crippen LogP contribution in [0.1, 0.15) is 119 Å². The van der Waals surface area contributed by atoms with Gasteiger partial charge < -0.3 is 9.84 Å². The van der Waals surface area contributed by atoms with Gasteiger partial charge in [0.1, 0.15) is 12.0 Å². The third-order valence-electron chi connectivity index (χ3n) is 8.59. The minimum atomic E-state index is -0.458. The van der Waals surface area contributed by atoms with Crippen LogP contribution in [0.15, 0.2) is 36.4 Å². The fourth-order valence-electron chi connectivity index (χ4n) is 6.04. The van der Waals surface area contributed by atoms with E-state index < -0.39 is 5.60 Å². The van der Waals surface area contributed by atoms with E-state index in [0.717, 1.165) is 81.9 Å². The van der Waals surface area contributed by atoms with E-state index in [-0.39, 0.29) is 11.6 Å². The normalized spacial score (nSPS) is 16.8. The van der Waals surface area contributed by atoms with E-state index in [9.17, 15) is 5.11 Å². The molecule has 1 atom stereocenters. The Morgan fingerprint density at radius 1 is 0.943 bits per heavy atom. The number of nitrogens with two attached hydrogens (primary N) is 1. The van der Waals surface area contributed by atoms with E-state index in [1.165, 1.54) is 28.7 Å². The summed E-state index contributed by atoms with van der Waals surface area (Å²) in [6.07, 6.45) is 12.3. The van der Waals surface area contributed by atoms with Crippen LogP contribution in [0.4, 0.5) is 0 Å². The Kier molecular flexibility index (Phi) is 9.84. The lowest BCUT2D eigenvalue weighted by Crippen LogP contribution is -2.31. The molecule has 35 heavy (non-hydrogen) atoms. The highest BCUT2D eigenvalue weighted by Crippen LogP contribution is 2.41. The van der Waals surface area contributed by atoms with Crippen molar-refractivity contribution in [2.75, 3.05) is 0 Å². The summed E-state index contributed by atoms with van der Waals surface area (Å²) in [5.74, 6) is 0.894. The van der Waals surface area contributed by atoms with Crippen LogP contribution in [0.2, 0.25) is 0 Å². The Labute approximate surface area is 214 Å². The summed E-state index contributed by atoms with van der Waals surface area (Å²) in [6, 6.07) is 13.7. The summed E-state index contributed by atoms with van der Waals surface area (Å²) in [7, 11) is 0. The number of rotatable bonds is 12. The summed E-state index contributed by atoms with van der Waals surface area (Å²) in [4.78, 5) is 0. The molecule has 0 heterocycles. The Morgan fingerprint density at radius 3 is 2.14 bits per heavy atom. The number of unbranched alkanes of at least 4 members (excludes halogenated alkanes) is 1. The first-order chi connectivity index (χ1) is 16.8. The standard InChI is InChI=1S/C32H49NO2/c1-6-9-13-30(33)35-29-17-16-28(23-25(29)5)32(7-2,8-3)27-15-14-26(24(4)22-27)18-21-31(34)19-11-10-12-20-31/h14-17,22-23,30,34H,6-13,18-21,33H2,1-5H3. The molecule has 2 aromatic carbocycles. The first kappa shape index (κ1) is 27.7. The third-order valence-corrected chi connectivity index (χ3v) is 8.59. The molecular weight excluding hydrogens is 430 g/mol. The van der Waals surface area contributed by atoms with E-state index in [1.807, 2.05) is 0 Å². The molecule has 1 aliphatic rings. The van der Waals surface area contributed by atoms with Crippen molar-refractivity contribution in [2.24, 2.45) is 5.73 Å². The summed E-state index contributed by atoms with van der Waals surface area (Å²) < 4.78 is 6.07. The van der Waals surface area contributed by atoms with Crippen LogP contribution in [0.25, 0.3) is 0 Å². The van der Waals surface area contributed by atoms with Gasteiger partial charge in [-0.05, 0) is 99.1 Å². The van der Waals surface area contributed by atoms with Crippen LogP contribution in [0.5, 0.6) is 5.75 Å². The smallest absolute Gasteiger partial charge is 0.147 e. The number of aryl methyl sites for hydroxylation is 3. The Morgan fingerprint density at radius 2 is 1.57 bits per heavy atom. The molecule has 0 radical (unpaired) electrons. The van der Waals surface area contributed by atoms with E-state index in [0.29, 0.717) is 0 Å². The average Bonchev–Trinajstić information content (AvgIpc) is 2.85. The molecule has 0 aromatic heterocycles. The van der Waals surface area contributed by atoms with Gasteiger partial charge in [0.15, 0.2) is 0 Å². The minimum absolute atomic E-state index is 0.0293. The van der Waals surface area contributed by atoms with E-state index in [1.54, 1.807) is 0 Å². The second-order valence-electron chi connectivity index (χ2n) is 11.0. The van der Waals surface area contributed by atoms with E-state index in [2.05, 4.69) is 71.0 Å². The maximum atomic E-state index is 11.0. The fraction of sp³-hybridized carbons (Fsp3) is 0.625. The van der Waals surface area contributed by atoms with Crippen molar-refractivity contribution in [3.63, 3.8) is 0 Å². The zero-order chi connectivity index (χ0) is 25.5. The lowest BCUT2D eigenvalue weighted by atomic mass is 9.69. The predicted molar refractivity (Wildman–Crippen MR) is 148 cm³/mol. The quantitative estimate of drug-likeness (QED) is 0.304. The topological polar surface area (TPSA) is 55.5 Å². The molecular formula is C32H49NO2. The Hall–Kier alpha value is -1.84. The molecule has 1 fully saturated rings. The van der Waals surface area contributed by atoms with Gasteiger partial charge >= 0.3 is 0 Å². The Balaban J connectivity index is 1.81. The van der Waals surface area contributed by atoms with Crippen LogP contribution in [-0.4, -0.2) is 16.9 Å². The van der Waals surface area contributed by atoms with Crippen LogP contribution < -0.4 is 10.5 Å².